The maximum absolute atomic E-state index is 13.6. The van der Waals surface area contributed by atoms with Crippen LogP contribution < -0.4 is 15.1 Å². The lowest BCUT2D eigenvalue weighted by atomic mass is 10.0. The maximum Gasteiger partial charge on any atom is 0.254 e. The number of phenols is 1. The average molecular weight is 607 g/mol. The number of anilines is 3. The topological polar surface area (TPSA) is 124 Å². The first-order valence-electron chi connectivity index (χ1n) is 13.9. The minimum absolute atomic E-state index is 0. The molecule has 0 aliphatic carbocycles. The van der Waals surface area contributed by atoms with E-state index in [2.05, 4.69) is 21.2 Å². The van der Waals surface area contributed by atoms with Crippen LogP contribution in [0.15, 0.2) is 65.6 Å². The van der Waals surface area contributed by atoms with E-state index in [1.165, 1.54) is 6.26 Å². The molecule has 0 spiro atoms. The molecule has 2 heterocycles. The van der Waals surface area contributed by atoms with Crippen molar-refractivity contribution in [1.82, 2.24) is 4.90 Å². The van der Waals surface area contributed by atoms with Crippen LogP contribution in [-0.4, -0.2) is 71.7 Å². The van der Waals surface area contributed by atoms with Gasteiger partial charge in [-0.15, -0.1) is 0 Å². The van der Waals surface area contributed by atoms with Gasteiger partial charge in [0.2, 0.25) is 0 Å². The first-order valence-corrected chi connectivity index (χ1v) is 15.8. The first-order chi connectivity index (χ1) is 19.7. The summed E-state index contributed by atoms with van der Waals surface area (Å²) in [4.78, 5) is 20.2. The number of hydrogen-bond donors (Lipinski definition) is 3. The Kier molecular flexibility index (Phi) is 9.59. The average Bonchev–Trinajstić information content (AvgIpc) is 2.98. The smallest absolute Gasteiger partial charge is 0.254 e. The number of phenolic OH excluding ortho intramolecular Hbond substituents is 1. The lowest BCUT2D eigenvalue weighted by molar-refractivity contribution is 0.0746. The number of aryl methyl sites for hydroxylation is 1. The fraction of sp³-hybridized carbons (Fsp3) is 0.355. The third kappa shape index (κ3) is 6.61. The van der Waals surface area contributed by atoms with Crippen molar-refractivity contribution in [2.45, 2.75) is 30.7 Å². The minimum atomic E-state index is -2.87. The normalized spacial score (nSPS) is 17.1. The van der Waals surface area contributed by atoms with Crippen molar-refractivity contribution in [3.05, 3.63) is 77.4 Å². The Balaban J connectivity index is 0.00000405. The number of amides is 1. The van der Waals surface area contributed by atoms with Gasteiger partial charge in [0.1, 0.15) is 11.8 Å². The highest BCUT2D eigenvalue weighted by Crippen LogP contribution is 2.32. The molecule has 222 valence electrons. The van der Waals surface area contributed by atoms with Crippen molar-refractivity contribution in [2.24, 2.45) is 0 Å². The van der Waals surface area contributed by atoms with Crippen molar-refractivity contribution in [1.29, 1.82) is 10.0 Å². The van der Waals surface area contributed by atoms with Crippen LogP contribution in [0.3, 0.4) is 0 Å². The Hall–Kier alpha value is -3.88. The molecule has 9 nitrogen and oxygen atoms in total. The third-order valence-electron chi connectivity index (χ3n) is 7.99. The molecule has 2 fully saturated rings. The van der Waals surface area contributed by atoms with E-state index < -0.39 is 9.73 Å². The summed E-state index contributed by atoms with van der Waals surface area (Å²) >= 11 is 0. The molecular formula is C31H38N6O3S2. The van der Waals surface area contributed by atoms with Crippen LogP contribution in [0.2, 0.25) is 0 Å². The Morgan fingerprint density at radius 2 is 1.57 bits per heavy atom. The van der Waals surface area contributed by atoms with Gasteiger partial charge in [-0.3, -0.25) is 4.79 Å². The molecule has 0 saturated carbocycles. The predicted molar refractivity (Wildman–Crippen MR) is 173 cm³/mol. The van der Waals surface area contributed by atoms with Crippen molar-refractivity contribution in [2.75, 3.05) is 60.6 Å². The first kappa shape index (κ1) is 31.1. The summed E-state index contributed by atoms with van der Waals surface area (Å²) in [6, 6.07) is 20.8. The molecule has 0 radical (unpaired) electrons. The Labute approximate surface area is 255 Å². The number of aromatic hydroxyl groups is 1. The monoisotopic (exact) mass is 606 g/mol. The SMILES string of the molecule is Cc1cc(O)c(NC2CCN(c3ccccc3C#N)CC2)cc1C(=O)N1CCN(c2ccccc2[S@@](C)(=N)=O)CC1.S. The second kappa shape index (κ2) is 13.0. The van der Waals surface area contributed by atoms with E-state index in [1.54, 1.807) is 24.3 Å². The Morgan fingerprint density at radius 3 is 2.21 bits per heavy atom. The molecule has 11 heteroatoms. The van der Waals surface area contributed by atoms with Gasteiger partial charge in [-0.25, -0.2) is 8.99 Å². The molecule has 5 rings (SSSR count). The van der Waals surface area contributed by atoms with Gasteiger partial charge in [0.05, 0.1) is 37.3 Å². The van der Waals surface area contributed by atoms with E-state index in [1.807, 2.05) is 48.2 Å². The Morgan fingerprint density at radius 1 is 0.976 bits per heavy atom. The molecule has 3 aromatic carbocycles. The van der Waals surface area contributed by atoms with Gasteiger partial charge in [-0.1, -0.05) is 24.3 Å². The van der Waals surface area contributed by atoms with Crippen LogP contribution in [0.4, 0.5) is 17.1 Å². The number of para-hydroxylation sites is 2. The highest BCUT2D eigenvalue weighted by molar-refractivity contribution is 7.91. The standard InChI is InChI=1S/C31H36N6O3S.H2S/c1-22-19-29(38)26(34-24-11-13-35(14-12-24)27-8-4-3-7-23(27)21-32)20-25(22)31(39)37-17-15-36(16-18-37)28-9-5-6-10-30(28)41(2,33)40;/h3-10,19-20,24,33-34,38H,11-18H2,1-2H3;1H2/t41-;/m0./s1. The molecule has 1 amide bonds. The molecule has 1 atom stereocenters. The molecule has 2 aliphatic rings. The fourth-order valence-electron chi connectivity index (χ4n) is 5.74. The molecule has 0 unspecified atom stereocenters. The molecule has 3 aromatic rings. The number of carbonyl (C=O) groups excluding carboxylic acids is 1. The quantitative estimate of drug-likeness (QED) is 0.346. The van der Waals surface area contributed by atoms with Gasteiger partial charge in [0.15, 0.2) is 0 Å². The lowest BCUT2D eigenvalue weighted by Crippen LogP contribution is -2.49. The summed E-state index contributed by atoms with van der Waals surface area (Å²) in [6.45, 7) is 5.57. The summed E-state index contributed by atoms with van der Waals surface area (Å²) < 4.78 is 20.6. The van der Waals surface area contributed by atoms with Gasteiger partial charge < -0.3 is 25.1 Å². The number of piperazine rings is 1. The van der Waals surface area contributed by atoms with Crippen molar-refractivity contribution in [3.8, 4) is 11.8 Å². The molecule has 0 aromatic heterocycles. The number of hydrogen-bond acceptors (Lipinski definition) is 8. The van der Waals surface area contributed by atoms with Crippen molar-refractivity contribution in [3.63, 3.8) is 0 Å². The second-order valence-electron chi connectivity index (χ2n) is 10.8. The highest BCUT2D eigenvalue weighted by atomic mass is 32.2. The van der Waals surface area contributed by atoms with Gasteiger partial charge in [-0.05, 0) is 61.7 Å². The summed E-state index contributed by atoms with van der Waals surface area (Å²) in [5.41, 5.74) is 4.24. The van der Waals surface area contributed by atoms with E-state index in [-0.39, 0.29) is 31.2 Å². The Bertz CT molecular complexity index is 1590. The van der Waals surface area contributed by atoms with E-state index in [0.29, 0.717) is 53.5 Å². The summed E-state index contributed by atoms with van der Waals surface area (Å²) in [6.07, 6.45) is 3.10. The third-order valence-corrected chi connectivity index (χ3v) is 9.17. The largest absolute Gasteiger partial charge is 0.506 e. The zero-order valence-corrected chi connectivity index (χ0v) is 25.8. The van der Waals surface area contributed by atoms with E-state index >= 15 is 0 Å². The van der Waals surface area contributed by atoms with E-state index in [0.717, 1.165) is 37.3 Å². The number of nitrogens with one attached hydrogen (secondary N) is 2. The van der Waals surface area contributed by atoms with Crippen LogP contribution in [-0.2, 0) is 9.73 Å². The lowest BCUT2D eigenvalue weighted by Gasteiger charge is -2.37. The van der Waals surface area contributed by atoms with Crippen LogP contribution in [0, 0.1) is 23.0 Å². The zero-order valence-electron chi connectivity index (χ0n) is 24.0. The van der Waals surface area contributed by atoms with Crippen molar-refractivity contribution < 1.29 is 14.1 Å². The fourth-order valence-corrected chi connectivity index (χ4v) is 6.67. The van der Waals surface area contributed by atoms with Crippen LogP contribution in [0.25, 0.3) is 0 Å². The second-order valence-corrected chi connectivity index (χ2v) is 12.9. The number of nitrogens with zero attached hydrogens (tertiary/aromatic N) is 4. The molecule has 2 saturated heterocycles. The highest BCUT2D eigenvalue weighted by Gasteiger charge is 2.27. The van der Waals surface area contributed by atoms with Crippen LogP contribution in [0.1, 0.15) is 34.3 Å². The zero-order chi connectivity index (χ0) is 29.1. The van der Waals surface area contributed by atoms with Gasteiger partial charge in [0, 0.05) is 57.1 Å². The van der Waals surface area contributed by atoms with Gasteiger partial charge in [-0.2, -0.15) is 18.8 Å². The van der Waals surface area contributed by atoms with Gasteiger partial charge >= 0.3 is 0 Å². The molecule has 0 bridgehead atoms. The van der Waals surface area contributed by atoms with Crippen molar-refractivity contribution >= 4 is 46.2 Å². The summed E-state index contributed by atoms with van der Waals surface area (Å²) in [5.74, 6) is 0.0393. The number of piperidine rings is 1. The van der Waals surface area contributed by atoms with E-state index in [9.17, 15) is 19.4 Å². The predicted octanol–water partition coefficient (Wildman–Crippen LogP) is 4.76. The number of rotatable bonds is 6. The minimum Gasteiger partial charge on any atom is -0.506 e. The number of benzene rings is 3. The molecule has 3 N–H and O–H groups in total. The van der Waals surface area contributed by atoms with Gasteiger partial charge in [0.25, 0.3) is 5.91 Å². The molecular weight excluding hydrogens is 569 g/mol. The molecule has 42 heavy (non-hydrogen) atoms. The van der Waals surface area contributed by atoms with Crippen LogP contribution in [0.5, 0.6) is 5.75 Å². The summed E-state index contributed by atoms with van der Waals surface area (Å²) in [7, 11) is -2.87. The van der Waals surface area contributed by atoms with E-state index in [4.69, 9.17) is 4.78 Å². The maximum atomic E-state index is 13.6. The number of carbonyl (C=O) groups is 1. The van der Waals surface area contributed by atoms with Crippen LogP contribution >= 0.6 is 13.5 Å². The number of nitriles is 1. The molecule has 2 aliphatic heterocycles. The summed E-state index contributed by atoms with van der Waals surface area (Å²) in [5, 5.41) is 23.6.